The van der Waals surface area contributed by atoms with E-state index >= 15 is 0 Å². The summed E-state index contributed by atoms with van der Waals surface area (Å²) in [6.45, 7) is 9.17. The number of nitrogens with zero attached hydrogens (tertiary/aromatic N) is 1. The smallest absolute Gasteiger partial charge is 0.309 e. The molecule has 2 N–H and O–H groups in total. The van der Waals surface area contributed by atoms with Gasteiger partial charge in [-0.15, -0.1) is 0 Å². The zero-order valence-electron chi connectivity index (χ0n) is 11.7. The van der Waals surface area contributed by atoms with E-state index in [4.69, 9.17) is 5.11 Å². The van der Waals surface area contributed by atoms with Gasteiger partial charge in [-0.3, -0.25) is 9.59 Å². The molecule has 0 aliphatic carbocycles. The van der Waals surface area contributed by atoms with Gasteiger partial charge in [0.25, 0.3) is 0 Å². The van der Waals surface area contributed by atoms with E-state index in [-0.39, 0.29) is 11.4 Å². The van der Waals surface area contributed by atoms with E-state index in [2.05, 4.69) is 5.32 Å². The van der Waals surface area contributed by atoms with Gasteiger partial charge in [-0.2, -0.15) is 0 Å². The molecule has 0 bridgehead atoms. The lowest BCUT2D eigenvalue weighted by molar-refractivity contribution is -0.152. The van der Waals surface area contributed by atoms with Crippen molar-refractivity contribution in [3.05, 3.63) is 0 Å². The Labute approximate surface area is 109 Å². The van der Waals surface area contributed by atoms with Crippen LogP contribution in [0.1, 0.15) is 40.5 Å². The van der Waals surface area contributed by atoms with E-state index in [0.29, 0.717) is 32.5 Å². The topological polar surface area (TPSA) is 69.6 Å². The fraction of sp³-hybridized carbons (Fsp3) is 0.846. The molecule has 5 nitrogen and oxygen atoms in total. The second-order valence-corrected chi connectivity index (χ2v) is 6.35. The van der Waals surface area contributed by atoms with E-state index in [0.717, 1.165) is 0 Å². The summed E-state index contributed by atoms with van der Waals surface area (Å²) in [5.74, 6) is -0.709. The van der Waals surface area contributed by atoms with Crippen LogP contribution in [-0.4, -0.2) is 47.1 Å². The molecule has 0 aromatic heterocycles. The first-order valence-electron chi connectivity index (χ1n) is 6.40. The van der Waals surface area contributed by atoms with E-state index in [1.165, 1.54) is 0 Å². The Bertz CT molecular complexity index is 326. The Balaban J connectivity index is 2.43. The molecule has 0 aromatic rings. The van der Waals surface area contributed by atoms with Crippen molar-refractivity contribution in [3.8, 4) is 0 Å². The molecule has 1 aliphatic heterocycles. The first-order valence-corrected chi connectivity index (χ1v) is 6.40. The summed E-state index contributed by atoms with van der Waals surface area (Å²) in [6.07, 6.45) is 1.06. The molecule has 104 valence electrons. The van der Waals surface area contributed by atoms with Crippen LogP contribution in [0.25, 0.3) is 0 Å². The number of carbonyl (C=O) groups is 2. The maximum absolute atomic E-state index is 11.9. The largest absolute Gasteiger partial charge is 0.481 e. The molecule has 0 unspecified atom stereocenters. The van der Waals surface area contributed by atoms with Crippen molar-refractivity contribution in [3.63, 3.8) is 0 Å². The van der Waals surface area contributed by atoms with Crippen molar-refractivity contribution in [2.24, 2.45) is 5.41 Å². The molecule has 1 heterocycles. The highest BCUT2D eigenvalue weighted by Gasteiger charge is 2.37. The lowest BCUT2D eigenvalue weighted by Gasteiger charge is -2.37. The summed E-state index contributed by atoms with van der Waals surface area (Å²) in [5, 5.41) is 12.3. The maximum Gasteiger partial charge on any atom is 0.309 e. The fourth-order valence-corrected chi connectivity index (χ4v) is 1.92. The van der Waals surface area contributed by atoms with Crippen LogP contribution in [0.5, 0.6) is 0 Å². The molecule has 1 amide bonds. The van der Waals surface area contributed by atoms with Crippen LogP contribution in [0, 0.1) is 5.41 Å². The summed E-state index contributed by atoms with van der Waals surface area (Å²) in [4.78, 5) is 24.8. The van der Waals surface area contributed by atoms with Crippen LogP contribution in [0.4, 0.5) is 0 Å². The normalized spacial score (nSPS) is 19.7. The monoisotopic (exact) mass is 256 g/mol. The van der Waals surface area contributed by atoms with Gasteiger partial charge in [-0.05, 0) is 40.5 Å². The van der Waals surface area contributed by atoms with Crippen molar-refractivity contribution in [1.82, 2.24) is 10.2 Å². The highest BCUT2D eigenvalue weighted by Crippen LogP contribution is 2.30. The number of carboxylic acid groups (broad SMARTS) is 1. The molecule has 1 aliphatic rings. The molecule has 0 atom stereocenters. The third kappa shape index (κ3) is 3.98. The number of carboxylic acids is 1. The average molecular weight is 256 g/mol. The average Bonchev–Trinajstić information content (AvgIpc) is 2.26. The highest BCUT2D eigenvalue weighted by molar-refractivity contribution is 5.79. The van der Waals surface area contributed by atoms with Gasteiger partial charge in [0.2, 0.25) is 5.91 Å². The minimum atomic E-state index is -0.762. The summed E-state index contributed by atoms with van der Waals surface area (Å²) < 4.78 is 0. The van der Waals surface area contributed by atoms with E-state index in [1.54, 1.807) is 11.8 Å². The standard InChI is InChI=1S/C13H24N2O3/c1-12(2,3)14-9-10(16)15-7-5-13(4,6-8-15)11(17)18/h14H,5-9H2,1-4H3,(H,17,18). The molecule has 1 saturated heterocycles. The third-order valence-corrected chi connectivity index (χ3v) is 3.51. The quantitative estimate of drug-likeness (QED) is 0.793. The van der Waals surface area contributed by atoms with Crippen LogP contribution in [-0.2, 0) is 9.59 Å². The number of hydrogen-bond donors (Lipinski definition) is 2. The third-order valence-electron chi connectivity index (χ3n) is 3.51. The van der Waals surface area contributed by atoms with Gasteiger partial charge < -0.3 is 15.3 Å². The number of piperidine rings is 1. The molecule has 0 spiro atoms. The first kappa shape index (κ1) is 15.0. The van der Waals surface area contributed by atoms with Gasteiger partial charge in [-0.1, -0.05) is 0 Å². The van der Waals surface area contributed by atoms with Crippen LogP contribution in [0.15, 0.2) is 0 Å². The van der Waals surface area contributed by atoms with Gasteiger partial charge in [0.05, 0.1) is 12.0 Å². The number of nitrogens with one attached hydrogen (secondary N) is 1. The maximum atomic E-state index is 11.9. The summed E-state index contributed by atoms with van der Waals surface area (Å²) in [5.41, 5.74) is -0.755. The molecule has 18 heavy (non-hydrogen) atoms. The fourth-order valence-electron chi connectivity index (χ4n) is 1.92. The predicted molar refractivity (Wildman–Crippen MR) is 69.3 cm³/mol. The number of aliphatic carboxylic acids is 1. The lowest BCUT2D eigenvalue weighted by Crippen LogP contribution is -2.49. The molecule has 0 radical (unpaired) electrons. The van der Waals surface area contributed by atoms with Gasteiger partial charge >= 0.3 is 5.97 Å². The Kier molecular flexibility index (Phi) is 4.37. The van der Waals surface area contributed by atoms with Crippen LogP contribution < -0.4 is 5.32 Å². The summed E-state index contributed by atoms with van der Waals surface area (Å²) in [7, 11) is 0. The Hall–Kier alpha value is -1.10. The SMILES string of the molecule is CC(C)(C)NCC(=O)N1CCC(C)(C(=O)O)CC1. The molecule has 1 rings (SSSR count). The van der Waals surface area contributed by atoms with Crippen LogP contribution in [0.2, 0.25) is 0 Å². The molecule has 0 aromatic carbocycles. The van der Waals surface area contributed by atoms with Crippen molar-refractivity contribution in [2.45, 2.75) is 46.1 Å². The van der Waals surface area contributed by atoms with Gasteiger partial charge in [0.15, 0.2) is 0 Å². The summed E-state index contributed by atoms with van der Waals surface area (Å²) in [6, 6.07) is 0. The zero-order valence-corrected chi connectivity index (χ0v) is 11.7. The molecule has 5 heteroatoms. The lowest BCUT2D eigenvalue weighted by atomic mass is 9.80. The number of likely N-dealkylation sites (tertiary alicyclic amines) is 1. The number of amides is 1. The van der Waals surface area contributed by atoms with Gasteiger partial charge in [-0.25, -0.2) is 0 Å². The highest BCUT2D eigenvalue weighted by atomic mass is 16.4. The second-order valence-electron chi connectivity index (χ2n) is 6.35. The van der Waals surface area contributed by atoms with Crippen LogP contribution >= 0.6 is 0 Å². The minimum Gasteiger partial charge on any atom is -0.481 e. The van der Waals surface area contributed by atoms with Gasteiger partial charge in [0, 0.05) is 18.6 Å². The van der Waals surface area contributed by atoms with E-state index < -0.39 is 11.4 Å². The predicted octanol–water partition coefficient (Wildman–Crippen LogP) is 1.09. The van der Waals surface area contributed by atoms with Crippen molar-refractivity contribution in [1.29, 1.82) is 0 Å². The van der Waals surface area contributed by atoms with Gasteiger partial charge in [0.1, 0.15) is 0 Å². The van der Waals surface area contributed by atoms with Crippen molar-refractivity contribution in [2.75, 3.05) is 19.6 Å². The van der Waals surface area contributed by atoms with Crippen LogP contribution in [0.3, 0.4) is 0 Å². The zero-order chi connectivity index (χ0) is 14.0. The Morgan fingerprint density at radius 2 is 1.78 bits per heavy atom. The van der Waals surface area contributed by atoms with Crippen molar-refractivity contribution >= 4 is 11.9 Å². The Morgan fingerprint density at radius 3 is 2.17 bits per heavy atom. The number of hydrogen-bond acceptors (Lipinski definition) is 3. The molecular weight excluding hydrogens is 232 g/mol. The van der Waals surface area contributed by atoms with E-state index in [9.17, 15) is 9.59 Å². The summed E-state index contributed by atoms with van der Waals surface area (Å²) >= 11 is 0. The van der Waals surface area contributed by atoms with E-state index in [1.807, 2.05) is 20.8 Å². The molecular formula is C13H24N2O3. The Morgan fingerprint density at radius 1 is 1.28 bits per heavy atom. The number of rotatable bonds is 3. The minimum absolute atomic E-state index is 0.0531. The second kappa shape index (κ2) is 5.26. The molecule has 0 saturated carbocycles. The number of carbonyl (C=O) groups excluding carboxylic acids is 1. The first-order chi connectivity index (χ1) is 8.14. The van der Waals surface area contributed by atoms with Crippen molar-refractivity contribution < 1.29 is 14.7 Å². The molecule has 1 fully saturated rings.